The van der Waals surface area contributed by atoms with Crippen LogP contribution in [0.4, 0.5) is 0 Å². The van der Waals surface area contributed by atoms with Crippen LogP contribution in [0.3, 0.4) is 0 Å². The van der Waals surface area contributed by atoms with Crippen LogP contribution in [0, 0.1) is 0 Å². The van der Waals surface area contributed by atoms with Gasteiger partial charge in [-0.3, -0.25) is 9.59 Å². The first-order valence-electron chi connectivity index (χ1n) is 35.3. The van der Waals surface area contributed by atoms with Crippen molar-refractivity contribution in [3.8, 4) is 0 Å². The van der Waals surface area contributed by atoms with E-state index in [0.717, 1.165) is 51.4 Å². The van der Waals surface area contributed by atoms with Crippen LogP contribution in [0.25, 0.3) is 0 Å². The summed E-state index contributed by atoms with van der Waals surface area (Å²) >= 11 is 0. The largest absolute Gasteiger partial charge is 0.466 e. The molecular formula is C72H137NO5. The summed E-state index contributed by atoms with van der Waals surface area (Å²) in [5.74, 6) is -0.0548. The standard InChI is InChI=1S/C72H137NO5/c1-3-5-7-9-11-13-15-17-37-41-44-48-52-56-60-64-70(75)69(68-74)73-71(76)65-61-57-53-49-45-42-38-35-33-31-29-27-25-23-21-19-18-20-22-24-26-28-30-32-34-36-39-43-47-51-55-59-63-67-78-72(77)66-62-58-54-50-46-40-16-14-12-10-8-6-4-2/h8,10,14,16,60,64,69-70,74-75H,3-7,9,11-13,15,17-59,61-63,65-68H2,1-2H3,(H,73,76)/b10-8-,16-14-,64-60+. The van der Waals surface area contributed by atoms with Crippen molar-refractivity contribution in [2.45, 2.75) is 398 Å². The zero-order valence-electron chi connectivity index (χ0n) is 52.7. The van der Waals surface area contributed by atoms with Crippen LogP contribution in [-0.2, 0) is 14.3 Å². The molecule has 460 valence electrons. The predicted molar refractivity (Wildman–Crippen MR) is 343 cm³/mol. The van der Waals surface area contributed by atoms with Gasteiger partial charge in [-0.05, 0) is 57.8 Å². The zero-order valence-corrected chi connectivity index (χ0v) is 52.7. The van der Waals surface area contributed by atoms with Gasteiger partial charge in [-0.25, -0.2) is 0 Å². The number of nitrogens with one attached hydrogen (secondary N) is 1. The Bertz CT molecular complexity index is 1260. The SMILES string of the molecule is CCC/C=C\C/C=C\CCCCCCCC(=O)OCCCCCCCCCCCCCCCCCCCCCCCCCCCCCCCCCCCC(=O)NC(CO)C(O)/C=C/CCCCCCCCCCCCCCC. The van der Waals surface area contributed by atoms with Crippen LogP contribution in [-0.4, -0.2) is 47.4 Å². The summed E-state index contributed by atoms with van der Waals surface area (Å²) in [7, 11) is 0. The second-order valence-electron chi connectivity index (χ2n) is 24.2. The summed E-state index contributed by atoms with van der Waals surface area (Å²) in [6.07, 6.45) is 86.6. The number of aliphatic hydroxyl groups excluding tert-OH is 2. The van der Waals surface area contributed by atoms with Gasteiger partial charge in [0.1, 0.15) is 0 Å². The maximum atomic E-state index is 12.5. The van der Waals surface area contributed by atoms with Gasteiger partial charge < -0.3 is 20.3 Å². The topological polar surface area (TPSA) is 95.9 Å². The zero-order chi connectivity index (χ0) is 56.4. The number of ether oxygens (including phenoxy) is 1. The Morgan fingerprint density at radius 3 is 1.03 bits per heavy atom. The highest BCUT2D eigenvalue weighted by molar-refractivity contribution is 5.76. The van der Waals surface area contributed by atoms with E-state index in [1.807, 2.05) is 6.08 Å². The summed E-state index contributed by atoms with van der Waals surface area (Å²) in [5.41, 5.74) is 0. The molecule has 2 unspecified atom stereocenters. The molecule has 78 heavy (non-hydrogen) atoms. The fraction of sp³-hybridized carbons (Fsp3) is 0.889. The molecule has 0 spiro atoms. The van der Waals surface area contributed by atoms with Crippen LogP contribution in [0.2, 0.25) is 0 Å². The molecule has 1 amide bonds. The Kier molecular flexibility index (Phi) is 65.9. The number of allylic oxidation sites excluding steroid dienone is 5. The van der Waals surface area contributed by atoms with Gasteiger partial charge in [0.05, 0.1) is 25.4 Å². The third-order valence-corrected chi connectivity index (χ3v) is 16.4. The molecule has 6 nitrogen and oxygen atoms in total. The van der Waals surface area contributed by atoms with Gasteiger partial charge in [-0.1, -0.05) is 352 Å². The lowest BCUT2D eigenvalue weighted by atomic mass is 10.0. The molecule has 0 heterocycles. The molecule has 0 saturated carbocycles. The van der Waals surface area contributed by atoms with Crippen molar-refractivity contribution in [1.29, 1.82) is 0 Å². The molecule has 0 saturated heterocycles. The van der Waals surface area contributed by atoms with Crippen molar-refractivity contribution in [2.24, 2.45) is 0 Å². The average Bonchev–Trinajstić information content (AvgIpc) is 3.44. The summed E-state index contributed by atoms with van der Waals surface area (Å²) in [5, 5.41) is 23.2. The van der Waals surface area contributed by atoms with Gasteiger partial charge in [-0.2, -0.15) is 0 Å². The van der Waals surface area contributed by atoms with Gasteiger partial charge in [0.25, 0.3) is 0 Å². The minimum Gasteiger partial charge on any atom is -0.466 e. The summed E-state index contributed by atoms with van der Waals surface area (Å²) in [6.45, 7) is 4.86. The Morgan fingerprint density at radius 2 is 0.667 bits per heavy atom. The number of esters is 1. The average molecular weight is 1100 g/mol. The number of carbonyl (C=O) groups is 2. The van der Waals surface area contributed by atoms with Crippen molar-refractivity contribution in [1.82, 2.24) is 5.32 Å². The van der Waals surface area contributed by atoms with E-state index in [0.29, 0.717) is 19.4 Å². The minimum atomic E-state index is -0.841. The fourth-order valence-corrected chi connectivity index (χ4v) is 11.0. The predicted octanol–water partition coefficient (Wildman–Crippen LogP) is 22.7. The molecule has 2 atom stereocenters. The third kappa shape index (κ3) is 63.3. The number of aliphatic hydroxyl groups is 2. The normalized spacial score (nSPS) is 12.7. The van der Waals surface area contributed by atoms with Crippen molar-refractivity contribution >= 4 is 11.9 Å². The second kappa shape index (κ2) is 67.6. The smallest absolute Gasteiger partial charge is 0.305 e. The Labute approximate surface area is 487 Å². The number of hydrogen-bond donors (Lipinski definition) is 3. The lowest BCUT2D eigenvalue weighted by Crippen LogP contribution is -2.45. The molecule has 0 aromatic carbocycles. The van der Waals surface area contributed by atoms with E-state index < -0.39 is 12.1 Å². The van der Waals surface area contributed by atoms with E-state index in [9.17, 15) is 19.8 Å². The van der Waals surface area contributed by atoms with Crippen molar-refractivity contribution < 1.29 is 24.5 Å². The Hall–Kier alpha value is -1.92. The van der Waals surface area contributed by atoms with Crippen LogP contribution < -0.4 is 5.32 Å². The molecule has 3 N–H and O–H groups in total. The number of unbranched alkanes of at least 4 members (excludes halogenated alkanes) is 51. The van der Waals surface area contributed by atoms with Crippen LogP contribution in [0.15, 0.2) is 36.5 Å². The highest BCUT2D eigenvalue weighted by atomic mass is 16.5. The van der Waals surface area contributed by atoms with E-state index in [-0.39, 0.29) is 18.5 Å². The van der Waals surface area contributed by atoms with Gasteiger partial charge in [0, 0.05) is 12.8 Å². The molecular weight excluding hydrogens is 959 g/mol. The summed E-state index contributed by atoms with van der Waals surface area (Å²) in [6, 6.07) is -0.624. The number of rotatable bonds is 66. The maximum absolute atomic E-state index is 12.5. The third-order valence-electron chi connectivity index (χ3n) is 16.4. The first-order valence-corrected chi connectivity index (χ1v) is 35.3. The van der Waals surface area contributed by atoms with Crippen LogP contribution >= 0.6 is 0 Å². The Morgan fingerprint density at radius 1 is 0.359 bits per heavy atom. The molecule has 0 radical (unpaired) electrons. The number of carbonyl (C=O) groups excluding carboxylic acids is 2. The molecule has 0 aromatic rings. The molecule has 0 aliphatic heterocycles. The molecule has 0 aliphatic carbocycles. The maximum Gasteiger partial charge on any atom is 0.305 e. The molecule has 0 aliphatic rings. The number of amides is 1. The summed E-state index contributed by atoms with van der Waals surface area (Å²) in [4.78, 5) is 24.5. The van der Waals surface area contributed by atoms with E-state index in [2.05, 4.69) is 43.5 Å². The van der Waals surface area contributed by atoms with Crippen molar-refractivity contribution in [3.05, 3.63) is 36.5 Å². The first kappa shape index (κ1) is 76.1. The van der Waals surface area contributed by atoms with Gasteiger partial charge >= 0.3 is 5.97 Å². The minimum absolute atomic E-state index is 0.00622. The van der Waals surface area contributed by atoms with Crippen molar-refractivity contribution in [3.63, 3.8) is 0 Å². The van der Waals surface area contributed by atoms with Crippen LogP contribution in [0.5, 0.6) is 0 Å². The molecule has 0 rings (SSSR count). The highest BCUT2D eigenvalue weighted by Crippen LogP contribution is 2.19. The monoisotopic (exact) mass is 1100 g/mol. The Balaban J connectivity index is 3.33. The molecule has 0 aromatic heterocycles. The lowest BCUT2D eigenvalue weighted by molar-refractivity contribution is -0.143. The molecule has 6 heteroatoms. The summed E-state index contributed by atoms with van der Waals surface area (Å²) < 4.78 is 5.48. The number of hydrogen-bond acceptors (Lipinski definition) is 5. The quantitative estimate of drug-likeness (QED) is 0.0320. The fourth-order valence-electron chi connectivity index (χ4n) is 11.0. The van der Waals surface area contributed by atoms with E-state index in [1.54, 1.807) is 6.08 Å². The van der Waals surface area contributed by atoms with Gasteiger partial charge in [-0.15, -0.1) is 0 Å². The lowest BCUT2D eigenvalue weighted by Gasteiger charge is -2.20. The first-order chi connectivity index (χ1) is 38.5. The van der Waals surface area contributed by atoms with Crippen molar-refractivity contribution in [2.75, 3.05) is 13.2 Å². The van der Waals surface area contributed by atoms with E-state index in [1.165, 1.54) is 308 Å². The van der Waals surface area contributed by atoms with E-state index >= 15 is 0 Å². The highest BCUT2D eigenvalue weighted by Gasteiger charge is 2.18. The van der Waals surface area contributed by atoms with Crippen LogP contribution in [0.1, 0.15) is 386 Å². The van der Waals surface area contributed by atoms with Gasteiger partial charge in [0.2, 0.25) is 5.91 Å². The van der Waals surface area contributed by atoms with Gasteiger partial charge in [0.15, 0.2) is 0 Å². The van der Waals surface area contributed by atoms with E-state index in [4.69, 9.17) is 4.74 Å². The molecule has 0 fully saturated rings. The molecule has 0 bridgehead atoms. The second-order valence-corrected chi connectivity index (χ2v) is 24.2.